The summed E-state index contributed by atoms with van der Waals surface area (Å²) in [5, 5.41) is 15.5. The maximum absolute atomic E-state index is 12.7. The molecule has 8 nitrogen and oxygen atoms in total. The number of aryl methyl sites for hydroxylation is 1. The molecule has 0 radical (unpaired) electrons. The molecule has 1 N–H and O–H groups in total. The van der Waals surface area contributed by atoms with E-state index in [9.17, 15) is 14.9 Å². The Morgan fingerprint density at radius 1 is 1.26 bits per heavy atom. The molecule has 0 aliphatic rings. The molecule has 0 bridgehead atoms. The second-order valence-electron chi connectivity index (χ2n) is 6.41. The Hall–Kier alpha value is -3.17. The number of methoxy groups -OCH3 is 1. The number of nitrogens with zero attached hydrogens (tertiary/aromatic N) is 2. The van der Waals surface area contributed by atoms with Crippen molar-refractivity contribution in [2.75, 3.05) is 13.7 Å². The molecule has 162 valence electrons. The van der Waals surface area contributed by atoms with Crippen molar-refractivity contribution in [3.8, 4) is 22.8 Å². The highest BCUT2D eigenvalue weighted by Crippen LogP contribution is 2.35. The molecule has 31 heavy (non-hydrogen) atoms. The van der Waals surface area contributed by atoms with Crippen LogP contribution in [0, 0.1) is 17.0 Å². The van der Waals surface area contributed by atoms with Crippen LogP contribution in [0.5, 0.6) is 11.5 Å². The van der Waals surface area contributed by atoms with Gasteiger partial charge in [-0.15, -0.1) is 11.3 Å². The highest BCUT2D eigenvalue weighted by atomic mass is 35.5. The largest absolute Gasteiger partial charge is 0.493 e. The van der Waals surface area contributed by atoms with Crippen molar-refractivity contribution in [1.29, 1.82) is 0 Å². The van der Waals surface area contributed by atoms with E-state index < -0.39 is 10.8 Å². The number of carbonyl (C=O) groups excluding carboxylic acids is 1. The number of rotatable bonds is 8. The van der Waals surface area contributed by atoms with E-state index in [2.05, 4.69) is 10.3 Å². The number of nitro groups is 1. The second-order valence-corrected chi connectivity index (χ2v) is 8.14. The predicted molar refractivity (Wildman–Crippen MR) is 119 cm³/mol. The summed E-state index contributed by atoms with van der Waals surface area (Å²) in [5.41, 5.74) is 1.25. The zero-order valence-corrected chi connectivity index (χ0v) is 18.7. The summed E-state index contributed by atoms with van der Waals surface area (Å²) in [7, 11) is 1.38. The maximum atomic E-state index is 12.7. The minimum atomic E-state index is -0.626. The first-order chi connectivity index (χ1) is 14.8. The molecule has 0 fully saturated rings. The van der Waals surface area contributed by atoms with Gasteiger partial charge in [-0.3, -0.25) is 14.9 Å². The first-order valence-electron chi connectivity index (χ1n) is 9.33. The van der Waals surface area contributed by atoms with Crippen LogP contribution in [0.2, 0.25) is 5.02 Å². The van der Waals surface area contributed by atoms with Gasteiger partial charge in [0.05, 0.1) is 36.9 Å². The van der Waals surface area contributed by atoms with E-state index in [4.69, 9.17) is 21.1 Å². The third kappa shape index (κ3) is 5.12. The number of hydrogen-bond acceptors (Lipinski definition) is 7. The Bertz CT molecular complexity index is 1110. The smallest absolute Gasteiger partial charge is 0.286 e. The molecule has 0 unspecified atom stereocenters. The monoisotopic (exact) mass is 461 g/mol. The Labute approximate surface area is 187 Å². The normalized spacial score (nSPS) is 10.6. The molecule has 1 amide bonds. The minimum absolute atomic E-state index is 0.111. The summed E-state index contributed by atoms with van der Waals surface area (Å²) in [6.07, 6.45) is 0. The summed E-state index contributed by atoms with van der Waals surface area (Å²) in [6.45, 7) is 4.16. The van der Waals surface area contributed by atoms with Gasteiger partial charge in [0.15, 0.2) is 11.5 Å². The Morgan fingerprint density at radius 2 is 1.97 bits per heavy atom. The topological polar surface area (TPSA) is 104 Å². The Kier molecular flexibility index (Phi) is 7.09. The molecule has 1 aromatic heterocycles. The van der Waals surface area contributed by atoms with Crippen molar-refractivity contribution in [3.63, 3.8) is 0 Å². The van der Waals surface area contributed by atoms with Gasteiger partial charge in [-0.2, -0.15) is 0 Å². The molecule has 1 heterocycles. The van der Waals surface area contributed by atoms with Crippen LogP contribution in [0.1, 0.15) is 27.2 Å². The van der Waals surface area contributed by atoms with Crippen molar-refractivity contribution in [2.24, 2.45) is 0 Å². The minimum Gasteiger partial charge on any atom is -0.493 e. The molecular formula is C21H20ClN3O5S. The molecule has 3 rings (SSSR count). The van der Waals surface area contributed by atoms with Gasteiger partial charge in [-0.1, -0.05) is 23.7 Å². The number of nitro benzene ring substituents is 1. The quantitative estimate of drug-likeness (QED) is 0.373. The number of thiazole rings is 1. The number of halogens is 1. The van der Waals surface area contributed by atoms with Gasteiger partial charge in [0.2, 0.25) is 0 Å². The van der Waals surface area contributed by atoms with Crippen molar-refractivity contribution >= 4 is 34.5 Å². The molecule has 0 saturated carbocycles. The average Bonchev–Trinajstić information content (AvgIpc) is 3.12. The van der Waals surface area contributed by atoms with E-state index >= 15 is 0 Å². The van der Waals surface area contributed by atoms with Crippen LogP contribution in [0.3, 0.4) is 0 Å². The Balaban J connectivity index is 1.82. The van der Waals surface area contributed by atoms with E-state index in [0.717, 1.165) is 16.1 Å². The van der Waals surface area contributed by atoms with E-state index in [0.29, 0.717) is 16.6 Å². The molecule has 0 atom stereocenters. The molecule has 0 spiro atoms. The van der Waals surface area contributed by atoms with Crippen LogP contribution >= 0.6 is 22.9 Å². The zero-order valence-electron chi connectivity index (χ0n) is 17.1. The maximum Gasteiger partial charge on any atom is 0.286 e. The van der Waals surface area contributed by atoms with Gasteiger partial charge in [0.1, 0.15) is 10.6 Å². The van der Waals surface area contributed by atoms with E-state index in [1.165, 1.54) is 30.6 Å². The summed E-state index contributed by atoms with van der Waals surface area (Å²) >= 11 is 7.38. The van der Waals surface area contributed by atoms with Gasteiger partial charge < -0.3 is 14.8 Å². The number of nitrogens with one attached hydrogen (secondary N) is 1. The lowest BCUT2D eigenvalue weighted by atomic mass is 10.1. The summed E-state index contributed by atoms with van der Waals surface area (Å²) < 4.78 is 10.6. The lowest BCUT2D eigenvalue weighted by Crippen LogP contribution is -2.23. The number of carbonyl (C=O) groups is 1. The lowest BCUT2D eigenvalue weighted by molar-refractivity contribution is -0.385. The summed E-state index contributed by atoms with van der Waals surface area (Å²) in [4.78, 5) is 29.2. The number of hydrogen-bond donors (Lipinski definition) is 1. The fraction of sp³-hybridized carbons (Fsp3) is 0.238. The predicted octanol–water partition coefficient (Wildman–Crippen LogP) is 5.02. The fourth-order valence-corrected chi connectivity index (χ4v) is 3.98. The number of benzene rings is 2. The second kappa shape index (κ2) is 9.76. The van der Waals surface area contributed by atoms with Gasteiger partial charge >= 0.3 is 0 Å². The number of ether oxygens (including phenoxy) is 2. The average molecular weight is 462 g/mol. The third-order valence-corrected chi connectivity index (χ3v) is 5.60. The molecule has 10 heteroatoms. The first kappa shape index (κ1) is 22.5. The SMILES string of the molecule is CCOc1cc(C(=O)NCc2nc(-c3ccc(Cl)cc3)c(C)s2)c([N+](=O)[O-])cc1OC. The van der Waals surface area contributed by atoms with Crippen LogP contribution in [-0.2, 0) is 6.54 Å². The van der Waals surface area contributed by atoms with Crippen LogP contribution in [0.25, 0.3) is 11.3 Å². The Morgan fingerprint density at radius 3 is 2.58 bits per heavy atom. The fourth-order valence-electron chi connectivity index (χ4n) is 2.96. The van der Waals surface area contributed by atoms with Gasteiger partial charge in [0.25, 0.3) is 11.6 Å². The van der Waals surface area contributed by atoms with E-state index in [-0.39, 0.29) is 29.3 Å². The zero-order chi connectivity index (χ0) is 22.5. The standard InChI is InChI=1S/C21H20ClN3O5S/c1-4-30-18-9-15(16(25(27)28)10-17(18)29-3)21(26)23-11-19-24-20(12(2)31-19)13-5-7-14(22)8-6-13/h5-10H,4,11H2,1-3H3,(H,23,26). The molecule has 0 aliphatic heterocycles. The highest BCUT2D eigenvalue weighted by Gasteiger charge is 2.25. The van der Waals surface area contributed by atoms with Crippen molar-refractivity contribution in [3.05, 3.63) is 67.0 Å². The first-order valence-corrected chi connectivity index (χ1v) is 10.5. The van der Waals surface area contributed by atoms with Gasteiger partial charge in [-0.25, -0.2) is 4.98 Å². The summed E-state index contributed by atoms with van der Waals surface area (Å²) in [5.74, 6) is -0.152. The van der Waals surface area contributed by atoms with Crippen LogP contribution in [0.4, 0.5) is 5.69 Å². The van der Waals surface area contributed by atoms with E-state index in [1.54, 1.807) is 19.1 Å². The van der Waals surface area contributed by atoms with Crippen molar-refractivity contribution in [2.45, 2.75) is 20.4 Å². The lowest BCUT2D eigenvalue weighted by Gasteiger charge is -2.11. The number of amides is 1. The van der Waals surface area contributed by atoms with Crippen LogP contribution < -0.4 is 14.8 Å². The van der Waals surface area contributed by atoms with Crippen molar-refractivity contribution < 1.29 is 19.2 Å². The van der Waals surface area contributed by atoms with Crippen molar-refractivity contribution in [1.82, 2.24) is 10.3 Å². The molecule has 2 aromatic carbocycles. The van der Waals surface area contributed by atoms with Gasteiger partial charge in [0, 0.05) is 21.5 Å². The van der Waals surface area contributed by atoms with Gasteiger partial charge in [-0.05, 0) is 26.0 Å². The van der Waals surface area contributed by atoms with Crippen LogP contribution in [-0.4, -0.2) is 29.5 Å². The highest BCUT2D eigenvalue weighted by molar-refractivity contribution is 7.12. The van der Waals surface area contributed by atoms with E-state index in [1.807, 2.05) is 19.1 Å². The molecule has 0 saturated heterocycles. The van der Waals surface area contributed by atoms with Crippen LogP contribution in [0.15, 0.2) is 36.4 Å². The molecular weight excluding hydrogens is 442 g/mol. The molecule has 0 aliphatic carbocycles. The summed E-state index contributed by atoms with van der Waals surface area (Å²) in [6, 6.07) is 9.84. The number of aromatic nitrogens is 1. The third-order valence-electron chi connectivity index (χ3n) is 4.38. The molecule has 3 aromatic rings.